The number of rotatable bonds is 4. The number of anilines is 2. The van der Waals surface area contributed by atoms with Gasteiger partial charge in [0.15, 0.2) is 0 Å². The van der Waals surface area contributed by atoms with Crippen LogP contribution < -0.4 is 10.0 Å². The van der Waals surface area contributed by atoms with Crippen LogP contribution in [0.4, 0.5) is 11.4 Å². The van der Waals surface area contributed by atoms with E-state index in [1.54, 1.807) is 12.1 Å². The average molecular weight is 271 g/mol. The quantitative estimate of drug-likeness (QED) is 0.846. The summed E-state index contributed by atoms with van der Waals surface area (Å²) in [5.74, 6) is 0. The maximum atomic E-state index is 12.1. The third-order valence-electron chi connectivity index (χ3n) is 2.73. The minimum Gasteiger partial charge on any atom is -0.388 e. The molecule has 100 valence electrons. The zero-order chi connectivity index (χ0) is 13.0. The van der Waals surface area contributed by atoms with Crippen molar-refractivity contribution >= 4 is 21.6 Å². The Kier molecular flexibility index (Phi) is 4.05. The smallest absolute Gasteiger partial charge is 0.301 e. The van der Waals surface area contributed by atoms with Crippen molar-refractivity contribution < 1.29 is 13.2 Å². The average Bonchev–Trinajstić information content (AvgIpc) is 2.40. The van der Waals surface area contributed by atoms with Crippen molar-refractivity contribution in [2.75, 3.05) is 43.4 Å². The molecule has 0 radical (unpaired) electrons. The molecular formula is C11H17N3O3S. The molecule has 1 aliphatic heterocycles. The minimum absolute atomic E-state index is 0.393. The number of nitrogens with one attached hydrogen (secondary N) is 2. The first-order valence-electron chi connectivity index (χ1n) is 5.75. The fraction of sp³-hybridized carbons (Fsp3) is 0.455. The van der Waals surface area contributed by atoms with Crippen molar-refractivity contribution in [1.29, 1.82) is 0 Å². The molecule has 2 N–H and O–H groups in total. The molecule has 1 aromatic carbocycles. The SMILES string of the molecule is CNc1ccc(NS(=O)(=O)N2CCOCC2)cc1. The van der Waals surface area contributed by atoms with Gasteiger partial charge in [0.2, 0.25) is 0 Å². The highest BCUT2D eigenvalue weighted by Crippen LogP contribution is 2.16. The first kappa shape index (κ1) is 13.1. The molecule has 0 amide bonds. The van der Waals surface area contributed by atoms with Crippen molar-refractivity contribution in [3.8, 4) is 0 Å². The molecule has 7 heteroatoms. The van der Waals surface area contributed by atoms with Gasteiger partial charge < -0.3 is 10.1 Å². The molecule has 2 rings (SSSR count). The van der Waals surface area contributed by atoms with Gasteiger partial charge in [-0.2, -0.15) is 12.7 Å². The topological polar surface area (TPSA) is 70.7 Å². The van der Waals surface area contributed by atoms with Gasteiger partial charge in [0.25, 0.3) is 0 Å². The van der Waals surface area contributed by atoms with Gasteiger partial charge in [-0.05, 0) is 24.3 Å². The van der Waals surface area contributed by atoms with Crippen molar-refractivity contribution in [2.24, 2.45) is 0 Å². The number of hydrogen-bond donors (Lipinski definition) is 2. The lowest BCUT2D eigenvalue weighted by atomic mass is 10.3. The molecule has 0 atom stereocenters. The molecule has 0 bridgehead atoms. The van der Waals surface area contributed by atoms with Crippen molar-refractivity contribution in [3.05, 3.63) is 24.3 Å². The van der Waals surface area contributed by atoms with E-state index in [1.165, 1.54) is 4.31 Å². The fourth-order valence-corrected chi connectivity index (χ4v) is 2.90. The van der Waals surface area contributed by atoms with E-state index in [0.29, 0.717) is 32.0 Å². The van der Waals surface area contributed by atoms with Crippen LogP contribution in [0.3, 0.4) is 0 Å². The van der Waals surface area contributed by atoms with Crippen LogP contribution in [0, 0.1) is 0 Å². The molecule has 18 heavy (non-hydrogen) atoms. The molecule has 1 fully saturated rings. The molecule has 0 aliphatic carbocycles. The van der Waals surface area contributed by atoms with Gasteiger partial charge in [-0.15, -0.1) is 0 Å². The van der Waals surface area contributed by atoms with E-state index < -0.39 is 10.2 Å². The Balaban J connectivity index is 2.06. The summed E-state index contributed by atoms with van der Waals surface area (Å²) in [7, 11) is -1.66. The van der Waals surface area contributed by atoms with Gasteiger partial charge in [-0.25, -0.2) is 0 Å². The van der Waals surface area contributed by atoms with E-state index >= 15 is 0 Å². The molecule has 0 unspecified atom stereocenters. The molecule has 6 nitrogen and oxygen atoms in total. The van der Waals surface area contributed by atoms with Crippen LogP contribution in [0.1, 0.15) is 0 Å². The van der Waals surface area contributed by atoms with Crippen LogP contribution in [-0.2, 0) is 14.9 Å². The summed E-state index contributed by atoms with van der Waals surface area (Å²) in [5, 5.41) is 2.98. The Bertz CT molecular complexity index is 481. The van der Waals surface area contributed by atoms with E-state index in [-0.39, 0.29) is 0 Å². The van der Waals surface area contributed by atoms with Crippen LogP contribution in [0.15, 0.2) is 24.3 Å². The standard InChI is InChI=1S/C11H17N3O3S/c1-12-10-2-4-11(5-3-10)13-18(15,16)14-6-8-17-9-7-14/h2-5,12-13H,6-9H2,1H3. The molecule has 1 heterocycles. The second-order valence-corrected chi connectivity index (χ2v) is 5.62. The number of morpholine rings is 1. The lowest BCUT2D eigenvalue weighted by molar-refractivity contribution is 0.0733. The lowest BCUT2D eigenvalue weighted by Crippen LogP contribution is -2.43. The van der Waals surface area contributed by atoms with E-state index in [9.17, 15) is 8.42 Å². The zero-order valence-electron chi connectivity index (χ0n) is 10.2. The molecule has 1 saturated heterocycles. The first-order chi connectivity index (χ1) is 8.62. The van der Waals surface area contributed by atoms with Crippen molar-refractivity contribution in [3.63, 3.8) is 0 Å². The Morgan fingerprint density at radius 2 is 1.67 bits per heavy atom. The van der Waals surface area contributed by atoms with Crippen LogP contribution in [0.5, 0.6) is 0 Å². The highest BCUT2D eigenvalue weighted by atomic mass is 32.2. The van der Waals surface area contributed by atoms with E-state index in [0.717, 1.165) is 5.69 Å². The highest BCUT2D eigenvalue weighted by Gasteiger charge is 2.23. The third-order valence-corrected chi connectivity index (χ3v) is 4.27. The van der Waals surface area contributed by atoms with Gasteiger partial charge in [-0.1, -0.05) is 0 Å². The lowest BCUT2D eigenvalue weighted by Gasteiger charge is -2.26. The summed E-state index contributed by atoms with van der Waals surface area (Å²) >= 11 is 0. The first-order valence-corrected chi connectivity index (χ1v) is 7.19. The normalized spacial score (nSPS) is 17.4. The molecule has 0 aromatic heterocycles. The third kappa shape index (κ3) is 3.12. The number of benzene rings is 1. The number of ether oxygens (including phenoxy) is 1. The highest BCUT2D eigenvalue weighted by molar-refractivity contribution is 7.90. The van der Waals surface area contributed by atoms with Crippen molar-refractivity contribution in [2.45, 2.75) is 0 Å². The number of hydrogen-bond acceptors (Lipinski definition) is 4. The van der Waals surface area contributed by atoms with Crippen LogP contribution in [0.2, 0.25) is 0 Å². The van der Waals surface area contributed by atoms with Crippen LogP contribution in [-0.4, -0.2) is 46.1 Å². The second-order valence-electron chi connectivity index (χ2n) is 3.95. The molecule has 1 aliphatic rings. The molecule has 0 spiro atoms. The van der Waals surface area contributed by atoms with Gasteiger partial charge in [-0.3, -0.25) is 4.72 Å². The summed E-state index contributed by atoms with van der Waals surface area (Å²) in [6.45, 7) is 1.67. The maximum Gasteiger partial charge on any atom is 0.301 e. The summed E-state index contributed by atoms with van der Waals surface area (Å²) in [4.78, 5) is 0. The van der Waals surface area contributed by atoms with Crippen molar-refractivity contribution in [1.82, 2.24) is 4.31 Å². The zero-order valence-corrected chi connectivity index (χ0v) is 11.0. The van der Waals surface area contributed by atoms with Gasteiger partial charge >= 0.3 is 10.2 Å². The summed E-state index contributed by atoms with van der Waals surface area (Å²) < 4.78 is 33.2. The molecular weight excluding hydrogens is 254 g/mol. The van der Waals surface area contributed by atoms with Crippen LogP contribution in [0.25, 0.3) is 0 Å². The monoisotopic (exact) mass is 271 g/mol. The summed E-state index contributed by atoms with van der Waals surface area (Å²) in [5.41, 5.74) is 1.49. The predicted octanol–water partition coefficient (Wildman–Crippen LogP) is 0.717. The van der Waals surface area contributed by atoms with E-state index in [1.807, 2.05) is 19.2 Å². The fourth-order valence-electron chi connectivity index (χ4n) is 1.71. The van der Waals surface area contributed by atoms with E-state index in [4.69, 9.17) is 4.74 Å². The predicted molar refractivity (Wildman–Crippen MR) is 70.9 cm³/mol. The van der Waals surface area contributed by atoms with Gasteiger partial charge in [0.05, 0.1) is 13.2 Å². The van der Waals surface area contributed by atoms with Gasteiger partial charge in [0.1, 0.15) is 0 Å². The maximum absolute atomic E-state index is 12.1. The van der Waals surface area contributed by atoms with Gasteiger partial charge in [0, 0.05) is 31.5 Å². The van der Waals surface area contributed by atoms with Crippen LogP contribution >= 0.6 is 0 Å². The Labute approximate surface area is 107 Å². The van der Waals surface area contributed by atoms with E-state index in [2.05, 4.69) is 10.0 Å². The molecule has 0 saturated carbocycles. The summed E-state index contributed by atoms with van der Waals surface area (Å²) in [6, 6.07) is 7.09. The minimum atomic E-state index is -3.47. The Morgan fingerprint density at radius 3 is 2.22 bits per heavy atom. The number of nitrogens with zero attached hydrogens (tertiary/aromatic N) is 1. The Morgan fingerprint density at radius 1 is 1.11 bits per heavy atom. The summed E-state index contributed by atoms with van der Waals surface area (Å²) in [6.07, 6.45) is 0. The molecule has 1 aromatic rings. The largest absolute Gasteiger partial charge is 0.388 e. The Hall–Kier alpha value is -1.31. The second kappa shape index (κ2) is 5.55.